The van der Waals surface area contributed by atoms with Crippen molar-refractivity contribution in [2.75, 3.05) is 20.2 Å². The lowest BCUT2D eigenvalue weighted by Crippen LogP contribution is -2.55. The van der Waals surface area contributed by atoms with Crippen molar-refractivity contribution in [2.24, 2.45) is 11.8 Å². The Morgan fingerprint density at radius 2 is 2.06 bits per heavy atom. The van der Waals surface area contributed by atoms with Crippen LogP contribution in [0, 0.1) is 11.8 Å². The second kappa shape index (κ2) is 8.67. The van der Waals surface area contributed by atoms with Crippen LogP contribution in [0.5, 0.6) is 11.5 Å². The molecule has 0 aliphatic carbocycles. The number of ether oxygens (including phenoxy) is 3. The second-order valence-electron chi connectivity index (χ2n) is 8.29. The van der Waals surface area contributed by atoms with E-state index in [1.165, 1.54) is 21.0 Å². The summed E-state index contributed by atoms with van der Waals surface area (Å²) in [5, 5.41) is 0.810. The summed E-state index contributed by atoms with van der Waals surface area (Å²) in [6, 6.07) is 5.47. The molecular weight excluding hydrogens is 396 g/mol. The molecule has 4 heterocycles. The largest absolute Gasteiger partial charge is 0.493 e. The predicted molar refractivity (Wildman–Crippen MR) is 116 cm³/mol. The van der Waals surface area contributed by atoms with Crippen LogP contribution in [0.15, 0.2) is 37.1 Å². The first-order valence-electron chi connectivity index (χ1n) is 10.6. The molecule has 3 fully saturated rings. The standard InChI is InChI=1S/C24H28N2O5/c1-5-16-13-26-9-7-17(16)10-21(26)24(31-15(3)28)18-6-8-25-20-12-23(30-14(2)27)22(29-4)11-19(18)20/h5-6,8,11-12,16-17,21,24H,1,7,9-10,13H2,2-4H3/t16?,17?,21?,24-/m1/s1. The third kappa shape index (κ3) is 4.14. The summed E-state index contributed by atoms with van der Waals surface area (Å²) in [4.78, 5) is 30.4. The molecule has 0 radical (unpaired) electrons. The van der Waals surface area contributed by atoms with Gasteiger partial charge >= 0.3 is 11.9 Å². The fourth-order valence-electron chi connectivity index (χ4n) is 5.04. The van der Waals surface area contributed by atoms with Gasteiger partial charge in [0.2, 0.25) is 0 Å². The third-order valence-corrected chi connectivity index (χ3v) is 6.42. The molecule has 7 nitrogen and oxygen atoms in total. The first kappa shape index (κ1) is 21.3. The lowest BCUT2D eigenvalue weighted by Gasteiger charge is -2.51. The molecule has 2 bridgehead atoms. The summed E-state index contributed by atoms with van der Waals surface area (Å²) in [5.74, 6) is 1.00. The molecule has 1 aromatic carbocycles. The van der Waals surface area contributed by atoms with Crippen molar-refractivity contribution in [1.29, 1.82) is 0 Å². The predicted octanol–water partition coefficient (Wildman–Crippen LogP) is 3.67. The van der Waals surface area contributed by atoms with E-state index < -0.39 is 12.1 Å². The minimum absolute atomic E-state index is 0.0867. The van der Waals surface area contributed by atoms with Crippen LogP contribution < -0.4 is 9.47 Å². The van der Waals surface area contributed by atoms with E-state index in [1.54, 1.807) is 18.3 Å². The van der Waals surface area contributed by atoms with Gasteiger partial charge in [0.05, 0.1) is 18.7 Å². The Morgan fingerprint density at radius 3 is 2.68 bits per heavy atom. The van der Waals surface area contributed by atoms with Crippen LogP contribution in [-0.2, 0) is 14.3 Å². The van der Waals surface area contributed by atoms with Gasteiger partial charge < -0.3 is 14.2 Å². The highest BCUT2D eigenvalue weighted by atomic mass is 16.6. The number of hydrogen-bond donors (Lipinski definition) is 0. The molecular formula is C24H28N2O5. The molecule has 0 amide bonds. The molecule has 3 aliphatic heterocycles. The normalized spacial score (nSPS) is 25.6. The number of fused-ring (bicyclic) bond motifs is 4. The molecule has 7 heteroatoms. The summed E-state index contributed by atoms with van der Waals surface area (Å²) in [5.41, 5.74) is 1.52. The van der Waals surface area contributed by atoms with Crippen molar-refractivity contribution in [2.45, 2.75) is 38.8 Å². The molecule has 1 aromatic heterocycles. The zero-order valence-corrected chi connectivity index (χ0v) is 18.2. The van der Waals surface area contributed by atoms with Crippen molar-refractivity contribution < 1.29 is 23.8 Å². The van der Waals surface area contributed by atoms with E-state index in [0.29, 0.717) is 28.9 Å². The number of carbonyl (C=O) groups is 2. The monoisotopic (exact) mass is 424 g/mol. The summed E-state index contributed by atoms with van der Waals surface area (Å²) in [6.07, 6.45) is 5.40. The van der Waals surface area contributed by atoms with Gasteiger partial charge in [0.25, 0.3) is 0 Å². The van der Waals surface area contributed by atoms with E-state index in [4.69, 9.17) is 14.2 Å². The van der Waals surface area contributed by atoms with Gasteiger partial charge in [-0.2, -0.15) is 0 Å². The second-order valence-corrected chi connectivity index (χ2v) is 8.29. The van der Waals surface area contributed by atoms with Gasteiger partial charge in [-0.1, -0.05) is 6.08 Å². The van der Waals surface area contributed by atoms with Gasteiger partial charge in [0.1, 0.15) is 6.10 Å². The van der Waals surface area contributed by atoms with E-state index in [9.17, 15) is 9.59 Å². The molecule has 4 unspecified atom stereocenters. The Kier molecular flexibility index (Phi) is 5.96. The van der Waals surface area contributed by atoms with Crippen molar-refractivity contribution >= 4 is 22.8 Å². The maximum absolute atomic E-state index is 12.1. The molecule has 0 spiro atoms. The highest BCUT2D eigenvalue weighted by molar-refractivity contribution is 5.87. The number of hydrogen-bond acceptors (Lipinski definition) is 7. The van der Waals surface area contributed by atoms with Crippen LogP contribution in [0.3, 0.4) is 0 Å². The van der Waals surface area contributed by atoms with E-state index in [-0.39, 0.29) is 12.0 Å². The molecule has 5 rings (SSSR count). The van der Waals surface area contributed by atoms with E-state index in [1.807, 2.05) is 6.07 Å². The number of benzene rings is 1. The molecule has 3 saturated heterocycles. The Balaban J connectivity index is 1.78. The number of nitrogens with zero attached hydrogens (tertiary/aromatic N) is 2. The number of aromatic nitrogens is 1. The fourth-order valence-corrected chi connectivity index (χ4v) is 5.04. The van der Waals surface area contributed by atoms with Gasteiger partial charge in [-0.15, -0.1) is 6.58 Å². The summed E-state index contributed by atoms with van der Waals surface area (Å²) >= 11 is 0. The number of pyridine rings is 1. The molecule has 164 valence electrons. The van der Waals surface area contributed by atoms with Gasteiger partial charge in [-0.3, -0.25) is 19.5 Å². The average Bonchev–Trinajstić information content (AvgIpc) is 2.76. The fraction of sp³-hybridized carbons (Fsp3) is 0.458. The van der Waals surface area contributed by atoms with Crippen LogP contribution in [0.1, 0.15) is 38.4 Å². The highest BCUT2D eigenvalue weighted by Gasteiger charge is 2.44. The molecule has 0 N–H and O–H groups in total. The number of methoxy groups -OCH3 is 1. The number of carbonyl (C=O) groups excluding carboxylic acids is 2. The number of esters is 2. The van der Waals surface area contributed by atoms with Crippen LogP contribution in [0.2, 0.25) is 0 Å². The van der Waals surface area contributed by atoms with Crippen LogP contribution in [0.4, 0.5) is 0 Å². The lowest BCUT2D eigenvalue weighted by atomic mass is 9.73. The molecule has 31 heavy (non-hydrogen) atoms. The summed E-state index contributed by atoms with van der Waals surface area (Å²) in [6.45, 7) is 8.70. The Hall–Kier alpha value is -2.93. The zero-order chi connectivity index (χ0) is 22.1. The van der Waals surface area contributed by atoms with Crippen LogP contribution >= 0.6 is 0 Å². The minimum Gasteiger partial charge on any atom is -0.493 e. The maximum Gasteiger partial charge on any atom is 0.308 e. The van der Waals surface area contributed by atoms with Gasteiger partial charge in [0, 0.05) is 43.6 Å². The minimum atomic E-state index is -0.436. The van der Waals surface area contributed by atoms with Gasteiger partial charge in [-0.05, 0) is 43.4 Å². The summed E-state index contributed by atoms with van der Waals surface area (Å²) < 4.78 is 16.7. The quantitative estimate of drug-likeness (QED) is 0.398. The van der Waals surface area contributed by atoms with Crippen molar-refractivity contribution in [1.82, 2.24) is 9.88 Å². The molecule has 2 aromatic rings. The van der Waals surface area contributed by atoms with E-state index >= 15 is 0 Å². The Morgan fingerprint density at radius 1 is 1.26 bits per heavy atom. The first-order chi connectivity index (χ1) is 14.9. The SMILES string of the molecule is C=CC1CN2CCC1CC2[C@H](OC(C)=O)c1ccnc2cc(OC(C)=O)c(OC)cc12. The maximum atomic E-state index is 12.1. The lowest BCUT2D eigenvalue weighted by molar-refractivity contribution is -0.154. The number of piperidine rings is 3. The third-order valence-electron chi connectivity index (χ3n) is 6.42. The zero-order valence-electron chi connectivity index (χ0n) is 18.2. The average molecular weight is 424 g/mol. The van der Waals surface area contributed by atoms with Crippen molar-refractivity contribution in [3.63, 3.8) is 0 Å². The smallest absolute Gasteiger partial charge is 0.308 e. The number of rotatable bonds is 6. The molecule has 0 saturated carbocycles. The molecule has 3 aliphatic rings. The first-order valence-corrected chi connectivity index (χ1v) is 10.6. The Bertz CT molecular complexity index is 1020. The van der Waals surface area contributed by atoms with E-state index in [0.717, 1.165) is 36.9 Å². The van der Waals surface area contributed by atoms with E-state index in [2.05, 4.69) is 22.5 Å². The summed E-state index contributed by atoms with van der Waals surface area (Å²) in [7, 11) is 1.52. The van der Waals surface area contributed by atoms with Crippen molar-refractivity contribution in [3.05, 3.63) is 42.6 Å². The topological polar surface area (TPSA) is 78.0 Å². The van der Waals surface area contributed by atoms with Crippen LogP contribution in [-0.4, -0.2) is 48.1 Å². The highest BCUT2D eigenvalue weighted by Crippen LogP contribution is 2.44. The Labute approximate surface area is 182 Å². The van der Waals surface area contributed by atoms with Gasteiger partial charge in [0.15, 0.2) is 11.5 Å². The van der Waals surface area contributed by atoms with Crippen molar-refractivity contribution in [3.8, 4) is 11.5 Å². The molecule has 5 atom stereocenters. The van der Waals surface area contributed by atoms with Gasteiger partial charge in [-0.25, -0.2) is 0 Å². The van der Waals surface area contributed by atoms with Crippen LogP contribution in [0.25, 0.3) is 10.9 Å².